The Morgan fingerprint density at radius 3 is 2.90 bits per heavy atom. The highest BCUT2D eigenvalue weighted by molar-refractivity contribution is 7.15. The van der Waals surface area contributed by atoms with E-state index in [0.29, 0.717) is 5.56 Å². The zero-order valence-corrected chi connectivity index (χ0v) is 17.0. The smallest absolute Gasteiger partial charge is 0.255 e. The van der Waals surface area contributed by atoms with Gasteiger partial charge in [-0.3, -0.25) is 4.79 Å². The van der Waals surface area contributed by atoms with Gasteiger partial charge in [0.15, 0.2) is 0 Å². The van der Waals surface area contributed by atoms with Gasteiger partial charge in [0.1, 0.15) is 17.2 Å². The van der Waals surface area contributed by atoms with Gasteiger partial charge in [0.2, 0.25) is 0 Å². The van der Waals surface area contributed by atoms with Crippen molar-refractivity contribution in [3.05, 3.63) is 52.4 Å². The predicted molar refractivity (Wildman–Crippen MR) is 110 cm³/mol. The van der Waals surface area contributed by atoms with Crippen LogP contribution in [0.2, 0.25) is 0 Å². The van der Waals surface area contributed by atoms with Crippen LogP contribution in [0.4, 0.5) is 0 Å². The van der Waals surface area contributed by atoms with Crippen LogP contribution in [0.15, 0.2) is 30.6 Å². The van der Waals surface area contributed by atoms with Gasteiger partial charge in [-0.25, -0.2) is 4.98 Å². The van der Waals surface area contributed by atoms with E-state index < -0.39 is 0 Å². The monoisotopic (exact) mass is 407 g/mol. The number of hydrogen-bond donors (Lipinski definition) is 2. The van der Waals surface area contributed by atoms with Gasteiger partial charge in [-0.1, -0.05) is 26.0 Å². The number of rotatable bonds is 5. The fourth-order valence-corrected chi connectivity index (χ4v) is 5.23. The summed E-state index contributed by atoms with van der Waals surface area (Å²) in [7, 11) is 0. The van der Waals surface area contributed by atoms with E-state index in [2.05, 4.69) is 39.7 Å². The molecule has 0 fully saturated rings. The van der Waals surface area contributed by atoms with Gasteiger partial charge in [-0.2, -0.15) is 4.68 Å². The Morgan fingerprint density at radius 1 is 1.28 bits per heavy atom. The molecule has 148 valence electrons. The number of aromatic nitrogens is 6. The number of aryl methyl sites for hydroxylation is 1. The summed E-state index contributed by atoms with van der Waals surface area (Å²) in [5, 5.41) is 15.5. The lowest BCUT2D eigenvalue weighted by molar-refractivity contribution is 0.0923. The molecule has 29 heavy (non-hydrogen) atoms. The van der Waals surface area contributed by atoms with Crippen molar-refractivity contribution in [2.75, 3.05) is 0 Å². The van der Waals surface area contributed by atoms with Gasteiger partial charge in [0.25, 0.3) is 5.91 Å². The van der Waals surface area contributed by atoms with Crippen molar-refractivity contribution in [2.45, 2.75) is 39.2 Å². The summed E-state index contributed by atoms with van der Waals surface area (Å²) in [6, 6.07) is 7.67. The first-order valence-electron chi connectivity index (χ1n) is 9.75. The third-order valence-electron chi connectivity index (χ3n) is 5.34. The van der Waals surface area contributed by atoms with Crippen molar-refractivity contribution in [2.24, 2.45) is 5.92 Å². The number of thiophene rings is 1. The second-order valence-corrected chi connectivity index (χ2v) is 8.71. The van der Waals surface area contributed by atoms with E-state index in [0.717, 1.165) is 46.7 Å². The average Bonchev–Trinajstić information content (AvgIpc) is 3.48. The molecule has 0 saturated carbocycles. The molecule has 2 N–H and O–H groups in total. The van der Waals surface area contributed by atoms with E-state index in [1.165, 1.54) is 11.2 Å². The highest BCUT2D eigenvalue weighted by Gasteiger charge is 2.30. The number of carbonyl (C=O) groups excluding carboxylic acids is 1. The second kappa shape index (κ2) is 7.07. The van der Waals surface area contributed by atoms with E-state index in [9.17, 15) is 4.79 Å². The Kier molecular flexibility index (Phi) is 4.39. The maximum absolute atomic E-state index is 13.5. The number of amides is 1. The highest BCUT2D eigenvalue weighted by atomic mass is 32.1. The normalized spacial score (nSPS) is 14.4. The topological polar surface area (TPSA) is 101 Å². The molecular weight excluding hydrogens is 386 g/mol. The Hall–Kier alpha value is -3.07. The van der Waals surface area contributed by atoms with Crippen LogP contribution in [0.1, 0.15) is 52.9 Å². The predicted octanol–water partition coefficient (Wildman–Crippen LogP) is 3.22. The molecule has 1 unspecified atom stereocenters. The molecule has 3 heterocycles. The highest BCUT2D eigenvalue weighted by Crippen LogP contribution is 2.37. The lowest BCUT2D eigenvalue weighted by Gasteiger charge is -2.21. The summed E-state index contributed by atoms with van der Waals surface area (Å²) >= 11 is 1.61. The summed E-state index contributed by atoms with van der Waals surface area (Å²) < 4.78 is 1.59. The number of imidazole rings is 1. The number of carbonyl (C=O) groups is 1. The fourth-order valence-electron chi connectivity index (χ4n) is 3.92. The molecule has 1 aliphatic rings. The molecule has 9 heteroatoms. The van der Waals surface area contributed by atoms with Crippen LogP contribution < -0.4 is 5.32 Å². The second-order valence-electron chi connectivity index (χ2n) is 7.63. The van der Waals surface area contributed by atoms with Crippen molar-refractivity contribution >= 4 is 28.3 Å². The molecule has 5 rings (SSSR count). The first-order valence-corrected chi connectivity index (χ1v) is 10.6. The Morgan fingerprint density at radius 2 is 2.14 bits per heavy atom. The lowest BCUT2D eigenvalue weighted by Crippen LogP contribution is -2.33. The van der Waals surface area contributed by atoms with Crippen molar-refractivity contribution in [1.82, 2.24) is 35.5 Å². The number of aromatic amines is 1. The molecule has 8 nitrogen and oxygen atoms in total. The number of hydrogen-bond acceptors (Lipinski definition) is 6. The van der Waals surface area contributed by atoms with Crippen molar-refractivity contribution in [3.8, 4) is 5.00 Å². The summed E-state index contributed by atoms with van der Waals surface area (Å²) in [5.74, 6) is 0.835. The number of benzene rings is 1. The minimum absolute atomic E-state index is 0.103. The standard InChI is InChI=1S/C20H21N7OS/c1-11(2)17(18-22-13-7-3-4-8-14(13)23-18)24-19(28)16-12-6-5-9-15(12)29-20(16)27-10-21-25-26-27/h3-4,7-8,10-11,17H,5-6,9H2,1-2H3,(H,22,23)(H,24,28). The van der Waals surface area contributed by atoms with Crippen molar-refractivity contribution in [1.29, 1.82) is 0 Å². The van der Waals surface area contributed by atoms with E-state index in [4.69, 9.17) is 4.98 Å². The molecule has 0 radical (unpaired) electrons. The van der Waals surface area contributed by atoms with Crippen LogP contribution in [-0.4, -0.2) is 36.1 Å². The van der Waals surface area contributed by atoms with Gasteiger partial charge < -0.3 is 10.3 Å². The molecule has 4 aromatic rings. The Balaban J connectivity index is 1.52. The fraction of sp³-hybridized carbons (Fsp3) is 0.350. The number of tetrazole rings is 1. The molecule has 0 spiro atoms. The van der Waals surface area contributed by atoms with Crippen molar-refractivity contribution in [3.63, 3.8) is 0 Å². The largest absolute Gasteiger partial charge is 0.342 e. The molecule has 3 aromatic heterocycles. The minimum Gasteiger partial charge on any atom is -0.342 e. The molecule has 0 saturated heterocycles. The molecule has 1 atom stereocenters. The minimum atomic E-state index is -0.228. The Bertz CT molecular complexity index is 1140. The van der Waals surface area contributed by atoms with Crippen LogP contribution >= 0.6 is 11.3 Å². The maximum Gasteiger partial charge on any atom is 0.255 e. The molecule has 0 bridgehead atoms. The van der Waals surface area contributed by atoms with E-state index in [1.54, 1.807) is 16.0 Å². The number of nitrogens with one attached hydrogen (secondary N) is 2. The summed E-state index contributed by atoms with van der Waals surface area (Å²) in [6.45, 7) is 4.16. The SMILES string of the molecule is CC(C)C(NC(=O)c1c(-n2cnnn2)sc2c1CCC2)c1nc2ccccc2[nH]1. The molecule has 1 aliphatic carbocycles. The average molecular weight is 408 g/mol. The van der Waals surface area contributed by atoms with Crippen LogP contribution in [0, 0.1) is 5.92 Å². The Labute approximate surface area is 171 Å². The lowest BCUT2D eigenvalue weighted by atomic mass is 10.0. The third-order valence-corrected chi connectivity index (χ3v) is 6.62. The summed E-state index contributed by atoms with van der Waals surface area (Å²) in [5.41, 5.74) is 3.68. The van der Waals surface area contributed by atoms with Crippen LogP contribution in [0.3, 0.4) is 0 Å². The quantitative estimate of drug-likeness (QED) is 0.529. The molecular formula is C20H21N7OS. The summed E-state index contributed by atoms with van der Waals surface area (Å²) in [6.07, 6.45) is 4.53. The van der Waals surface area contributed by atoms with Gasteiger partial charge in [-0.15, -0.1) is 16.4 Å². The van der Waals surface area contributed by atoms with E-state index in [-0.39, 0.29) is 17.9 Å². The van der Waals surface area contributed by atoms with E-state index >= 15 is 0 Å². The van der Waals surface area contributed by atoms with Gasteiger partial charge >= 0.3 is 0 Å². The first-order chi connectivity index (χ1) is 14.1. The van der Waals surface area contributed by atoms with Crippen LogP contribution in [-0.2, 0) is 12.8 Å². The molecule has 0 aliphatic heterocycles. The zero-order valence-electron chi connectivity index (χ0n) is 16.2. The third kappa shape index (κ3) is 3.11. The number of H-pyrrole nitrogens is 1. The van der Waals surface area contributed by atoms with Crippen LogP contribution in [0.25, 0.3) is 16.0 Å². The summed E-state index contributed by atoms with van der Waals surface area (Å²) in [4.78, 5) is 22.8. The van der Waals surface area contributed by atoms with Gasteiger partial charge in [-0.05, 0) is 53.3 Å². The van der Waals surface area contributed by atoms with Crippen LogP contribution in [0.5, 0.6) is 0 Å². The van der Waals surface area contributed by atoms with Gasteiger partial charge in [0, 0.05) is 4.88 Å². The number of para-hydroxylation sites is 2. The van der Waals surface area contributed by atoms with Crippen molar-refractivity contribution < 1.29 is 4.79 Å². The zero-order chi connectivity index (χ0) is 20.0. The van der Waals surface area contributed by atoms with E-state index in [1.807, 2.05) is 24.3 Å². The number of fused-ring (bicyclic) bond motifs is 2. The number of nitrogens with zero attached hydrogens (tertiary/aromatic N) is 5. The first kappa shape index (κ1) is 18.0. The molecule has 1 aromatic carbocycles. The maximum atomic E-state index is 13.5. The van der Waals surface area contributed by atoms with Gasteiger partial charge in [0.05, 0.1) is 22.6 Å². The molecule has 1 amide bonds.